The van der Waals surface area contributed by atoms with Gasteiger partial charge in [0.2, 0.25) is 5.91 Å². The molecule has 32 heavy (non-hydrogen) atoms. The molecule has 168 valence electrons. The molecule has 0 unspecified atom stereocenters. The molecule has 0 radical (unpaired) electrons. The average Bonchev–Trinajstić information content (AvgIpc) is 3.13. The van der Waals surface area contributed by atoms with Gasteiger partial charge in [-0.1, -0.05) is 25.2 Å². The van der Waals surface area contributed by atoms with Gasteiger partial charge in [0.1, 0.15) is 23.1 Å². The fourth-order valence-electron chi connectivity index (χ4n) is 3.98. The Kier molecular flexibility index (Phi) is 6.09. The summed E-state index contributed by atoms with van der Waals surface area (Å²) < 4.78 is 33.0. The molecule has 1 saturated heterocycles. The lowest BCUT2D eigenvalue weighted by molar-refractivity contribution is -0.149. The second kappa shape index (κ2) is 8.81. The van der Waals surface area contributed by atoms with Crippen LogP contribution in [0.4, 0.5) is 8.78 Å². The number of ether oxygens (including phenoxy) is 1. The van der Waals surface area contributed by atoms with Crippen molar-refractivity contribution in [2.24, 2.45) is 5.41 Å². The number of hydrogen-bond acceptors (Lipinski definition) is 5. The number of unbranched alkanes of at least 4 members (excludes halogenated alkanes) is 1. The first kappa shape index (κ1) is 22.1. The van der Waals surface area contributed by atoms with Crippen LogP contribution in [-0.4, -0.2) is 44.8 Å². The molecular weight excluding hydrogens is 414 g/mol. The largest absolute Gasteiger partial charge is 0.487 e. The quantitative estimate of drug-likeness (QED) is 0.659. The second-order valence-corrected chi connectivity index (χ2v) is 8.82. The number of aromatic nitrogens is 3. The number of halogens is 2. The molecule has 2 aliphatic heterocycles. The standard InChI is InChI=1S/C24H26F2N4O2/c1-4-5-6-20-28-10-15(11-29-20)7-8-16-12-27-13-18-19-9-17(32-21(16)18)14-30(19)23(31)24(2,3)22(25)26/h10-13,17,19,22H,4-6,9,14H2,1-3H3/t17-,19-/m0/s1. The van der Waals surface area contributed by atoms with Gasteiger partial charge in [-0.2, -0.15) is 0 Å². The molecule has 2 aliphatic rings. The van der Waals surface area contributed by atoms with Crippen LogP contribution >= 0.6 is 0 Å². The van der Waals surface area contributed by atoms with Gasteiger partial charge >= 0.3 is 0 Å². The molecule has 0 N–H and O–H groups in total. The zero-order valence-corrected chi connectivity index (χ0v) is 18.4. The normalized spacial score (nSPS) is 19.2. The van der Waals surface area contributed by atoms with Crippen LogP contribution in [-0.2, 0) is 11.2 Å². The predicted molar refractivity (Wildman–Crippen MR) is 114 cm³/mol. The maximum atomic E-state index is 13.4. The summed E-state index contributed by atoms with van der Waals surface area (Å²) >= 11 is 0. The molecular formula is C24H26F2N4O2. The highest BCUT2D eigenvalue weighted by Crippen LogP contribution is 2.46. The topological polar surface area (TPSA) is 68.2 Å². The number of aryl methyl sites for hydroxylation is 1. The number of pyridine rings is 1. The number of alkyl halides is 2. The van der Waals surface area contributed by atoms with Gasteiger partial charge in [-0.15, -0.1) is 0 Å². The number of rotatable bonds is 5. The highest BCUT2D eigenvalue weighted by Gasteiger charge is 2.49. The number of amides is 1. The van der Waals surface area contributed by atoms with Gasteiger partial charge in [0, 0.05) is 43.2 Å². The molecule has 8 heteroatoms. The first-order chi connectivity index (χ1) is 15.3. The van der Waals surface area contributed by atoms with Crippen LogP contribution in [0.3, 0.4) is 0 Å². The molecule has 2 atom stereocenters. The molecule has 6 nitrogen and oxygen atoms in total. The van der Waals surface area contributed by atoms with Gasteiger partial charge in [-0.3, -0.25) is 9.78 Å². The lowest BCUT2D eigenvalue weighted by Crippen LogP contribution is -2.44. The fourth-order valence-corrected chi connectivity index (χ4v) is 3.98. The Morgan fingerprint density at radius 3 is 2.69 bits per heavy atom. The van der Waals surface area contributed by atoms with E-state index in [-0.39, 0.29) is 18.7 Å². The van der Waals surface area contributed by atoms with Crippen molar-refractivity contribution in [1.29, 1.82) is 0 Å². The van der Waals surface area contributed by atoms with Crippen LogP contribution in [0.5, 0.6) is 5.75 Å². The smallest absolute Gasteiger partial charge is 0.252 e. The van der Waals surface area contributed by atoms with E-state index in [1.807, 2.05) is 0 Å². The van der Waals surface area contributed by atoms with Crippen LogP contribution in [0.25, 0.3) is 0 Å². The zero-order valence-electron chi connectivity index (χ0n) is 18.4. The molecule has 0 saturated carbocycles. The molecule has 2 aromatic rings. The second-order valence-electron chi connectivity index (χ2n) is 8.82. The fraction of sp³-hybridized carbons (Fsp3) is 0.500. The van der Waals surface area contributed by atoms with E-state index >= 15 is 0 Å². The molecule has 4 heterocycles. The van der Waals surface area contributed by atoms with Crippen LogP contribution in [0.1, 0.15) is 68.6 Å². The first-order valence-electron chi connectivity index (χ1n) is 10.9. The Bertz CT molecular complexity index is 1060. The highest BCUT2D eigenvalue weighted by molar-refractivity contribution is 5.83. The van der Waals surface area contributed by atoms with E-state index in [1.54, 1.807) is 24.8 Å². The average molecular weight is 440 g/mol. The number of fused-ring (bicyclic) bond motifs is 4. The van der Waals surface area contributed by atoms with Gasteiger partial charge in [0.05, 0.1) is 23.7 Å². The van der Waals surface area contributed by atoms with Crippen molar-refractivity contribution in [3.8, 4) is 17.6 Å². The zero-order chi connectivity index (χ0) is 22.9. The minimum absolute atomic E-state index is 0.256. The van der Waals surface area contributed by atoms with Crippen LogP contribution in [0.15, 0.2) is 24.8 Å². The Balaban J connectivity index is 1.59. The van der Waals surface area contributed by atoms with Crippen LogP contribution < -0.4 is 4.74 Å². The maximum Gasteiger partial charge on any atom is 0.252 e. The summed E-state index contributed by atoms with van der Waals surface area (Å²) in [6.07, 6.45) is 7.17. The van der Waals surface area contributed by atoms with E-state index in [2.05, 4.69) is 33.7 Å². The molecule has 2 aromatic heterocycles. The third kappa shape index (κ3) is 4.16. The molecule has 4 rings (SSSR count). The minimum Gasteiger partial charge on any atom is -0.487 e. The summed E-state index contributed by atoms with van der Waals surface area (Å²) in [7, 11) is 0. The van der Waals surface area contributed by atoms with E-state index < -0.39 is 17.7 Å². The summed E-state index contributed by atoms with van der Waals surface area (Å²) in [5.74, 6) is 6.91. The summed E-state index contributed by atoms with van der Waals surface area (Å²) in [5, 5.41) is 0. The minimum atomic E-state index is -2.75. The summed E-state index contributed by atoms with van der Waals surface area (Å²) in [6, 6.07) is -0.343. The Morgan fingerprint density at radius 2 is 2.00 bits per heavy atom. The predicted octanol–water partition coefficient (Wildman–Crippen LogP) is 3.94. The van der Waals surface area contributed by atoms with Gasteiger partial charge in [-0.25, -0.2) is 18.7 Å². The summed E-state index contributed by atoms with van der Waals surface area (Å²) in [6.45, 7) is 4.95. The molecule has 0 aromatic carbocycles. The highest BCUT2D eigenvalue weighted by atomic mass is 19.3. The number of likely N-dealkylation sites (tertiary alicyclic amines) is 1. The molecule has 0 aliphatic carbocycles. The molecule has 1 amide bonds. The van der Waals surface area contributed by atoms with Gasteiger partial charge in [0.15, 0.2) is 0 Å². The lowest BCUT2D eigenvalue weighted by Gasteiger charge is -2.32. The van der Waals surface area contributed by atoms with Gasteiger partial charge < -0.3 is 9.64 Å². The van der Waals surface area contributed by atoms with Crippen molar-refractivity contribution in [1.82, 2.24) is 19.9 Å². The van der Waals surface area contributed by atoms with E-state index in [4.69, 9.17) is 4.74 Å². The van der Waals surface area contributed by atoms with Crippen molar-refractivity contribution in [3.63, 3.8) is 0 Å². The third-order valence-corrected chi connectivity index (χ3v) is 5.99. The van der Waals surface area contributed by atoms with Crippen LogP contribution in [0, 0.1) is 17.3 Å². The summed E-state index contributed by atoms with van der Waals surface area (Å²) in [4.78, 5) is 27.3. The van der Waals surface area contributed by atoms with Gasteiger partial charge in [0.25, 0.3) is 6.43 Å². The first-order valence-corrected chi connectivity index (χ1v) is 10.9. The van der Waals surface area contributed by atoms with E-state index in [9.17, 15) is 13.6 Å². The summed E-state index contributed by atoms with van der Waals surface area (Å²) in [5.41, 5.74) is 0.216. The SMILES string of the molecule is CCCCc1ncc(C#Cc2cncc3c2O[C@H]2C[C@@H]3N(C(=O)C(C)(C)C(F)F)C2)cn1. The van der Waals surface area contributed by atoms with E-state index in [0.717, 1.165) is 25.1 Å². The van der Waals surface area contributed by atoms with Gasteiger partial charge in [-0.05, 0) is 20.3 Å². The number of nitrogens with zero attached hydrogens (tertiary/aromatic N) is 4. The van der Waals surface area contributed by atoms with Crippen molar-refractivity contribution in [2.75, 3.05) is 6.54 Å². The number of carbonyl (C=O) groups excluding carboxylic acids is 1. The molecule has 2 bridgehead atoms. The molecule has 1 fully saturated rings. The van der Waals surface area contributed by atoms with Crippen molar-refractivity contribution in [2.45, 2.75) is 65.0 Å². The number of carbonyl (C=O) groups is 1. The lowest BCUT2D eigenvalue weighted by atomic mass is 9.91. The Hall–Kier alpha value is -3.08. The maximum absolute atomic E-state index is 13.4. The monoisotopic (exact) mass is 440 g/mol. The van der Waals surface area contributed by atoms with Crippen molar-refractivity contribution in [3.05, 3.63) is 47.3 Å². The van der Waals surface area contributed by atoms with E-state index in [1.165, 1.54) is 18.7 Å². The third-order valence-electron chi connectivity index (χ3n) is 5.99. The van der Waals surface area contributed by atoms with Crippen molar-refractivity contribution >= 4 is 5.91 Å². The van der Waals surface area contributed by atoms with Crippen LogP contribution in [0.2, 0.25) is 0 Å². The van der Waals surface area contributed by atoms with E-state index in [0.29, 0.717) is 28.9 Å². The molecule has 0 spiro atoms. The Morgan fingerprint density at radius 1 is 1.25 bits per heavy atom. The Labute approximate surface area is 186 Å². The van der Waals surface area contributed by atoms with Crippen molar-refractivity contribution < 1.29 is 18.3 Å². The number of hydrogen-bond donors (Lipinski definition) is 0.